The second-order valence-electron chi connectivity index (χ2n) is 6.03. The smallest absolute Gasteiger partial charge is 0.241 e. The van der Waals surface area contributed by atoms with E-state index in [-0.39, 0.29) is 24.0 Å². The fourth-order valence-electron chi connectivity index (χ4n) is 2.87. The topological polar surface area (TPSA) is 52.6 Å². The number of hydrogen-bond acceptors (Lipinski definition) is 4. The number of anilines is 1. The third kappa shape index (κ3) is 4.48. The monoisotopic (exact) mass is 322 g/mol. The maximum Gasteiger partial charge on any atom is 0.241 e. The third-order valence-corrected chi connectivity index (χ3v) is 5.20. The molecule has 1 aromatic rings. The molecule has 0 bridgehead atoms. The highest BCUT2D eigenvalue weighted by Gasteiger charge is 2.29. The van der Waals surface area contributed by atoms with E-state index in [4.69, 9.17) is 0 Å². The van der Waals surface area contributed by atoms with E-state index in [1.807, 2.05) is 44.4 Å². The molecular formula is C17H26N2O2S. The highest BCUT2D eigenvalue weighted by atomic mass is 32.2. The molecule has 1 aliphatic heterocycles. The Morgan fingerprint density at radius 1 is 1.36 bits per heavy atom. The molecule has 0 aliphatic carbocycles. The summed E-state index contributed by atoms with van der Waals surface area (Å²) in [7, 11) is 0. The SMILES string of the molecule is CSc1ccc(NC(=O)C(C)N2CCCC(C(C)O)C2)cc1. The minimum Gasteiger partial charge on any atom is -0.393 e. The van der Waals surface area contributed by atoms with Gasteiger partial charge in [0.25, 0.3) is 0 Å². The first kappa shape index (κ1) is 17.3. The molecule has 1 heterocycles. The highest BCUT2D eigenvalue weighted by molar-refractivity contribution is 7.98. The Kier molecular flexibility index (Phi) is 6.29. The summed E-state index contributed by atoms with van der Waals surface area (Å²) in [5.41, 5.74) is 0.832. The van der Waals surface area contributed by atoms with Crippen molar-refractivity contribution in [2.24, 2.45) is 5.92 Å². The van der Waals surface area contributed by atoms with Crippen molar-refractivity contribution in [1.29, 1.82) is 0 Å². The summed E-state index contributed by atoms with van der Waals surface area (Å²) in [5, 5.41) is 12.8. The van der Waals surface area contributed by atoms with Gasteiger partial charge in [0, 0.05) is 17.1 Å². The molecule has 22 heavy (non-hydrogen) atoms. The van der Waals surface area contributed by atoms with Crippen LogP contribution in [0, 0.1) is 5.92 Å². The first-order chi connectivity index (χ1) is 10.5. The quantitative estimate of drug-likeness (QED) is 0.819. The van der Waals surface area contributed by atoms with E-state index in [1.165, 1.54) is 4.90 Å². The van der Waals surface area contributed by atoms with Gasteiger partial charge in [-0.25, -0.2) is 0 Å². The number of amides is 1. The van der Waals surface area contributed by atoms with E-state index in [9.17, 15) is 9.90 Å². The van der Waals surface area contributed by atoms with Crippen molar-refractivity contribution in [3.8, 4) is 0 Å². The van der Waals surface area contributed by atoms with E-state index in [0.717, 1.165) is 31.6 Å². The molecule has 3 unspecified atom stereocenters. The van der Waals surface area contributed by atoms with Gasteiger partial charge in [0.05, 0.1) is 12.1 Å². The lowest BCUT2D eigenvalue weighted by Gasteiger charge is -2.37. The van der Waals surface area contributed by atoms with E-state index in [0.29, 0.717) is 0 Å². The lowest BCUT2D eigenvalue weighted by atomic mass is 9.92. The number of piperidine rings is 1. The molecule has 1 amide bonds. The number of carbonyl (C=O) groups is 1. The minimum absolute atomic E-state index is 0.0168. The Balaban J connectivity index is 1.93. The number of likely N-dealkylation sites (tertiary alicyclic amines) is 1. The molecule has 0 aromatic heterocycles. The molecule has 1 saturated heterocycles. The molecule has 0 spiro atoms. The predicted molar refractivity (Wildman–Crippen MR) is 92.3 cm³/mol. The summed E-state index contributed by atoms with van der Waals surface area (Å²) in [4.78, 5) is 15.8. The van der Waals surface area contributed by atoms with Gasteiger partial charge in [-0.3, -0.25) is 9.69 Å². The molecular weight excluding hydrogens is 296 g/mol. The van der Waals surface area contributed by atoms with Crippen molar-refractivity contribution in [2.45, 2.75) is 43.7 Å². The van der Waals surface area contributed by atoms with Crippen LogP contribution in [0.4, 0.5) is 5.69 Å². The van der Waals surface area contributed by atoms with E-state index < -0.39 is 0 Å². The van der Waals surface area contributed by atoms with Gasteiger partial charge in [-0.15, -0.1) is 11.8 Å². The number of carbonyl (C=O) groups excluding carboxylic acids is 1. The number of aliphatic hydroxyl groups is 1. The van der Waals surface area contributed by atoms with Crippen LogP contribution in [0.5, 0.6) is 0 Å². The normalized spacial score (nSPS) is 22.1. The molecule has 2 N–H and O–H groups in total. The summed E-state index contributed by atoms with van der Waals surface area (Å²) in [6.07, 6.45) is 3.80. The van der Waals surface area contributed by atoms with Crippen LogP contribution in [0.1, 0.15) is 26.7 Å². The van der Waals surface area contributed by atoms with Gasteiger partial charge in [-0.1, -0.05) is 0 Å². The molecule has 2 rings (SSSR count). The van der Waals surface area contributed by atoms with Crippen LogP contribution in [0.3, 0.4) is 0 Å². The van der Waals surface area contributed by atoms with Gasteiger partial charge in [0.15, 0.2) is 0 Å². The molecule has 4 nitrogen and oxygen atoms in total. The second kappa shape index (κ2) is 7.99. The summed E-state index contributed by atoms with van der Waals surface area (Å²) >= 11 is 1.68. The highest BCUT2D eigenvalue weighted by Crippen LogP contribution is 2.22. The average molecular weight is 322 g/mol. The van der Waals surface area contributed by atoms with E-state index in [2.05, 4.69) is 10.2 Å². The van der Waals surface area contributed by atoms with Crippen molar-refractivity contribution >= 4 is 23.4 Å². The van der Waals surface area contributed by atoms with E-state index >= 15 is 0 Å². The Morgan fingerprint density at radius 3 is 2.64 bits per heavy atom. The first-order valence-electron chi connectivity index (χ1n) is 7.88. The maximum atomic E-state index is 12.4. The van der Waals surface area contributed by atoms with Crippen LogP contribution in [0.25, 0.3) is 0 Å². The second-order valence-corrected chi connectivity index (χ2v) is 6.91. The Morgan fingerprint density at radius 2 is 2.05 bits per heavy atom. The molecule has 1 aromatic carbocycles. The third-order valence-electron chi connectivity index (χ3n) is 4.46. The zero-order chi connectivity index (χ0) is 16.1. The molecule has 0 saturated carbocycles. The lowest BCUT2D eigenvalue weighted by Crippen LogP contribution is -2.48. The Hall–Kier alpha value is -1.04. The van der Waals surface area contributed by atoms with Crippen LogP contribution >= 0.6 is 11.8 Å². The number of benzene rings is 1. The van der Waals surface area contributed by atoms with Crippen LogP contribution in [-0.4, -0.2) is 47.4 Å². The zero-order valence-corrected chi connectivity index (χ0v) is 14.4. The fraction of sp³-hybridized carbons (Fsp3) is 0.588. The number of nitrogens with one attached hydrogen (secondary N) is 1. The van der Waals surface area contributed by atoms with Gasteiger partial charge in [-0.2, -0.15) is 0 Å². The van der Waals surface area contributed by atoms with Crippen molar-refractivity contribution in [3.05, 3.63) is 24.3 Å². The number of thioether (sulfide) groups is 1. The number of rotatable bonds is 5. The van der Waals surface area contributed by atoms with Crippen molar-refractivity contribution < 1.29 is 9.90 Å². The largest absolute Gasteiger partial charge is 0.393 e. The summed E-state index contributed by atoms with van der Waals surface area (Å²) < 4.78 is 0. The fourth-order valence-corrected chi connectivity index (χ4v) is 3.28. The molecule has 5 heteroatoms. The summed E-state index contributed by atoms with van der Waals surface area (Å²) in [6, 6.07) is 7.71. The lowest BCUT2D eigenvalue weighted by molar-refractivity contribution is -0.121. The van der Waals surface area contributed by atoms with Crippen molar-refractivity contribution in [2.75, 3.05) is 24.7 Å². The number of nitrogens with zero attached hydrogens (tertiary/aromatic N) is 1. The standard InChI is InChI=1S/C17H26N2O2S/c1-12(19-10-4-5-14(11-19)13(2)20)17(21)18-15-6-8-16(22-3)9-7-15/h6-9,12-14,20H,4-5,10-11H2,1-3H3,(H,18,21). The molecule has 3 atom stereocenters. The van der Waals surface area contributed by atoms with E-state index in [1.54, 1.807) is 11.8 Å². The average Bonchev–Trinajstić information content (AvgIpc) is 2.54. The Labute approximate surface area is 137 Å². The maximum absolute atomic E-state index is 12.4. The van der Waals surface area contributed by atoms with Gasteiger partial charge < -0.3 is 10.4 Å². The van der Waals surface area contributed by atoms with Crippen LogP contribution in [0.2, 0.25) is 0 Å². The first-order valence-corrected chi connectivity index (χ1v) is 9.10. The molecule has 0 radical (unpaired) electrons. The van der Waals surface area contributed by atoms with Gasteiger partial charge in [0.2, 0.25) is 5.91 Å². The predicted octanol–water partition coefficient (Wildman–Crippen LogP) is 2.83. The van der Waals surface area contributed by atoms with Crippen LogP contribution in [-0.2, 0) is 4.79 Å². The molecule has 1 fully saturated rings. The molecule has 122 valence electrons. The number of aliphatic hydroxyl groups excluding tert-OH is 1. The van der Waals surface area contributed by atoms with Crippen LogP contribution < -0.4 is 5.32 Å². The summed E-state index contributed by atoms with van der Waals surface area (Å²) in [6.45, 7) is 5.49. The van der Waals surface area contributed by atoms with Gasteiger partial charge in [0.1, 0.15) is 0 Å². The van der Waals surface area contributed by atoms with Gasteiger partial charge >= 0.3 is 0 Å². The van der Waals surface area contributed by atoms with Crippen LogP contribution in [0.15, 0.2) is 29.2 Å². The minimum atomic E-state index is -0.308. The molecule has 1 aliphatic rings. The van der Waals surface area contributed by atoms with Crippen molar-refractivity contribution in [3.63, 3.8) is 0 Å². The summed E-state index contributed by atoms with van der Waals surface area (Å²) in [5.74, 6) is 0.285. The Bertz CT molecular complexity index is 490. The van der Waals surface area contributed by atoms with Crippen molar-refractivity contribution in [1.82, 2.24) is 4.90 Å². The van der Waals surface area contributed by atoms with Gasteiger partial charge in [-0.05, 0) is 69.7 Å². The number of hydrogen-bond donors (Lipinski definition) is 2. The zero-order valence-electron chi connectivity index (χ0n) is 13.6.